The molecule has 3 aromatic carbocycles. The van der Waals surface area contributed by atoms with E-state index in [1.165, 1.54) is 6.07 Å². The van der Waals surface area contributed by atoms with E-state index < -0.39 is 29.3 Å². The summed E-state index contributed by atoms with van der Waals surface area (Å²) < 4.78 is 16.5. The van der Waals surface area contributed by atoms with Gasteiger partial charge in [0, 0.05) is 23.4 Å². The SMILES string of the molecule is Cc1c(Cc2ccccc2)c(=O)oc2cc(OC(=O)[C@H](NC(=O)OC(C)(C)C)c3ccccc3)c(Cl)cc12. The lowest BCUT2D eigenvalue weighted by Gasteiger charge is -2.23. The summed E-state index contributed by atoms with van der Waals surface area (Å²) in [5, 5.41) is 3.34. The number of aryl methyl sites for hydroxylation is 1. The largest absolute Gasteiger partial charge is 0.444 e. The molecule has 0 fully saturated rings. The lowest BCUT2D eigenvalue weighted by atomic mass is 9.99. The molecule has 0 saturated heterocycles. The molecule has 196 valence electrons. The van der Waals surface area contributed by atoms with Crippen LogP contribution in [0, 0.1) is 6.92 Å². The van der Waals surface area contributed by atoms with Gasteiger partial charge in [-0.3, -0.25) is 0 Å². The van der Waals surface area contributed by atoms with Gasteiger partial charge in [-0.1, -0.05) is 72.3 Å². The van der Waals surface area contributed by atoms with Gasteiger partial charge in [0.25, 0.3) is 0 Å². The second-order valence-electron chi connectivity index (χ2n) is 9.85. The third kappa shape index (κ3) is 6.42. The molecule has 0 unspecified atom stereocenters. The van der Waals surface area contributed by atoms with Crippen LogP contribution in [0.5, 0.6) is 5.75 Å². The van der Waals surface area contributed by atoms with Gasteiger partial charge in [-0.25, -0.2) is 14.4 Å². The molecule has 1 amide bonds. The lowest BCUT2D eigenvalue weighted by molar-refractivity contribution is -0.137. The predicted molar refractivity (Wildman–Crippen MR) is 146 cm³/mol. The van der Waals surface area contributed by atoms with Gasteiger partial charge in [-0.15, -0.1) is 0 Å². The fraction of sp³-hybridized carbons (Fsp3) is 0.233. The van der Waals surface area contributed by atoms with Crippen molar-refractivity contribution in [3.63, 3.8) is 0 Å². The Morgan fingerprint density at radius 2 is 1.63 bits per heavy atom. The number of hydrogen-bond acceptors (Lipinski definition) is 6. The second kappa shape index (κ2) is 11.1. The smallest absolute Gasteiger partial charge is 0.408 e. The molecule has 0 aliphatic carbocycles. The molecule has 38 heavy (non-hydrogen) atoms. The Balaban J connectivity index is 1.64. The third-order valence-corrected chi connectivity index (χ3v) is 6.10. The molecule has 0 bridgehead atoms. The van der Waals surface area contributed by atoms with Gasteiger partial charge >= 0.3 is 17.7 Å². The van der Waals surface area contributed by atoms with Gasteiger partial charge in [0.1, 0.15) is 11.2 Å². The van der Waals surface area contributed by atoms with Crippen LogP contribution in [0.15, 0.2) is 82.0 Å². The molecule has 0 radical (unpaired) electrons. The molecule has 0 aliphatic heterocycles. The molecule has 8 heteroatoms. The highest BCUT2D eigenvalue weighted by Gasteiger charge is 2.28. The minimum Gasteiger partial charge on any atom is -0.444 e. The van der Waals surface area contributed by atoms with E-state index in [9.17, 15) is 14.4 Å². The number of esters is 1. The average molecular weight is 534 g/mol. The fourth-order valence-electron chi connectivity index (χ4n) is 3.99. The van der Waals surface area contributed by atoms with Crippen LogP contribution >= 0.6 is 11.6 Å². The number of ether oxygens (including phenoxy) is 2. The van der Waals surface area contributed by atoms with Crippen LogP contribution in [0.4, 0.5) is 4.79 Å². The van der Waals surface area contributed by atoms with E-state index in [1.807, 2.05) is 37.3 Å². The van der Waals surface area contributed by atoms with Gasteiger partial charge in [0.15, 0.2) is 11.8 Å². The van der Waals surface area contributed by atoms with Crippen molar-refractivity contribution < 1.29 is 23.5 Å². The number of fused-ring (bicyclic) bond motifs is 1. The predicted octanol–water partition coefficient (Wildman–Crippen LogP) is 6.52. The van der Waals surface area contributed by atoms with E-state index in [1.54, 1.807) is 57.2 Å². The van der Waals surface area contributed by atoms with Crippen LogP contribution in [0.25, 0.3) is 11.0 Å². The molecular formula is C30H28ClNO6. The summed E-state index contributed by atoms with van der Waals surface area (Å²) in [7, 11) is 0. The monoisotopic (exact) mass is 533 g/mol. The number of nitrogens with one attached hydrogen (secondary N) is 1. The maximum atomic E-state index is 13.3. The number of carbonyl (C=O) groups excluding carboxylic acids is 2. The summed E-state index contributed by atoms with van der Waals surface area (Å²) in [6.07, 6.45) is -0.366. The van der Waals surface area contributed by atoms with Crippen molar-refractivity contribution in [2.24, 2.45) is 0 Å². The Morgan fingerprint density at radius 3 is 2.26 bits per heavy atom. The van der Waals surface area contributed by atoms with Crippen molar-refractivity contribution in [3.8, 4) is 5.75 Å². The number of alkyl carbamates (subject to hydrolysis) is 1. The van der Waals surface area contributed by atoms with E-state index in [0.717, 1.165) is 11.1 Å². The highest BCUT2D eigenvalue weighted by Crippen LogP contribution is 2.33. The number of hydrogen-bond donors (Lipinski definition) is 1. The molecule has 4 aromatic rings. The molecule has 4 rings (SSSR count). The first-order valence-electron chi connectivity index (χ1n) is 12.1. The number of amides is 1. The fourth-order valence-corrected chi connectivity index (χ4v) is 4.19. The van der Waals surface area contributed by atoms with Crippen LogP contribution in [0.1, 0.15) is 49.1 Å². The number of carbonyl (C=O) groups is 2. The van der Waals surface area contributed by atoms with Gasteiger partial charge in [0.2, 0.25) is 0 Å². The highest BCUT2D eigenvalue weighted by molar-refractivity contribution is 6.33. The first kappa shape index (κ1) is 26.9. The minimum absolute atomic E-state index is 0.00514. The average Bonchev–Trinajstić information content (AvgIpc) is 2.86. The summed E-state index contributed by atoms with van der Waals surface area (Å²) >= 11 is 6.51. The van der Waals surface area contributed by atoms with Gasteiger partial charge < -0.3 is 19.2 Å². The van der Waals surface area contributed by atoms with E-state index in [2.05, 4.69) is 5.32 Å². The maximum Gasteiger partial charge on any atom is 0.408 e. The normalized spacial score (nSPS) is 12.1. The number of rotatable bonds is 6. The molecule has 1 heterocycles. The van der Waals surface area contributed by atoms with Crippen molar-refractivity contribution in [1.29, 1.82) is 0 Å². The zero-order chi connectivity index (χ0) is 27.4. The molecule has 1 N–H and O–H groups in total. The maximum absolute atomic E-state index is 13.3. The van der Waals surface area contributed by atoms with Gasteiger partial charge in [0.05, 0.1) is 5.02 Å². The van der Waals surface area contributed by atoms with Crippen LogP contribution in [0.2, 0.25) is 5.02 Å². The molecule has 7 nitrogen and oxygen atoms in total. The van der Waals surface area contributed by atoms with E-state index >= 15 is 0 Å². The molecule has 0 aliphatic rings. The molecule has 0 saturated carbocycles. The van der Waals surface area contributed by atoms with Crippen molar-refractivity contribution >= 4 is 34.6 Å². The summed E-state index contributed by atoms with van der Waals surface area (Å²) in [6.45, 7) is 6.99. The minimum atomic E-state index is -1.17. The Morgan fingerprint density at radius 1 is 1.00 bits per heavy atom. The number of benzene rings is 3. The Bertz CT molecular complexity index is 1520. The van der Waals surface area contributed by atoms with E-state index in [0.29, 0.717) is 22.9 Å². The summed E-state index contributed by atoms with van der Waals surface area (Å²) in [4.78, 5) is 38.5. The zero-order valence-electron chi connectivity index (χ0n) is 21.5. The van der Waals surface area contributed by atoms with Gasteiger partial charge in [-0.05, 0) is 50.5 Å². The second-order valence-corrected chi connectivity index (χ2v) is 10.3. The quantitative estimate of drug-likeness (QED) is 0.172. The van der Waals surface area contributed by atoms with Crippen LogP contribution in [0.3, 0.4) is 0 Å². The summed E-state index contributed by atoms with van der Waals surface area (Å²) in [6, 6.07) is 20.1. The molecule has 1 atom stereocenters. The lowest BCUT2D eigenvalue weighted by Crippen LogP contribution is -2.39. The van der Waals surface area contributed by atoms with Crippen molar-refractivity contribution in [2.75, 3.05) is 0 Å². The van der Waals surface area contributed by atoms with Crippen molar-refractivity contribution in [2.45, 2.75) is 45.8 Å². The number of halogens is 1. The first-order valence-corrected chi connectivity index (χ1v) is 12.5. The Labute approximate surface area is 225 Å². The molecule has 0 spiro atoms. The van der Waals surface area contributed by atoms with Crippen LogP contribution in [-0.4, -0.2) is 17.7 Å². The standard InChI is InChI=1S/C30H28ClNO6/c1-18-21-16-23(31)25(17-24(21)36-27(33)22(18)15-19-11-7-5-8-12-19)37-28(34)26(20-13-9-6-10-14-20)32-29(35)38-30(2,3)4/h5-14,16-17,26H,15H2,1-4H3,(H,32,35)/t26-/m1/s1. The Kier molecular flexibility index (Phi) is 7.88. The van der Waals surface area contributed by atoms with Crippen LogP contribution in [-0.2, 0) is 16.0 Å². The first-order chi connectivity index (χ1) is 18.0. The zero-order valence-corrected chi connectivity index (χ0v) is 22.3. The summed E-state index contributed by atoms with van der Waals surface area (Å²) in [5.41, 5.74) is 1.71. The van der Waals surface area contributed by atoms with E-state index in [-0.39, 0.29) is 16.4 Å². The Hall–Kier alpha value is -4.10. The van der Waals surface area contributed by atoms with E-state index in [4.69, 9.17) is 25.5 Å². The molecule has 1 aromatic heterocycles. The topological polar surface area (TPSA) is 94.8 Å². The van der Waals surface area contributed by atoms with Crippen molar-refractivity contribution in [1.82, 2.24) is 5.32 Å². The molecular weight excluding hydrogens is 506 g/mol. The van der Waals surface area contributed by atoms with Crippen LogP contribution < -0.4 is 15.7 Å². The third-order valence-electron chi connectivity index (χ3n) is 5.80. The summed E-state index contributed by atoms with van der Waals surface area (Å²) in [5.74, 6) is -0.794. The van der Waals surface area contributed by atoms with Gasteiger partial charge in [-0.2, -0.15) is 0 Å². The van der Waals surface area contributed by atoms with Crippen molar-refractivity contribution in [3.05, 3.63) is 110 Å². The highest BCUT2D eigenvalue weighted by atomic mass is 35.5.